The summed E-state index contributed by atoms with van der Waals surface area (Å²) in [6.45, 7) is 18.6. The van der Waals surface area contributed by atoms with Gasteiger partial charge in [0.05, 0.1) is 6.10 Å². The van der Waals surface area contributed by atoms with E-state index in [1.165, 1.54) is 17.5 Å². The summed E-state index contributed by atoms with van der Waals surface area (Å²) in [7, 11) is 1.50. The van der Waals surface area contributed by atoms with Gasteiger partial charge < -0.3 is 56.5 Å². The molecule has 0 heterocycles. The fourth-order valence-electron chi connectivity index (χ4n) is 6.75. The van der Waals surface area contributed by atoms with Gasteiger partial charge in [-0.2, -0.15) is 0 Å². The maximum absolute atomic E-state index is 14.4. The van der Waals surface area contributed by atoms with E-state index in [0.717, 1.165) is 30.4 Å². The van der Waals surface area contributed by atoms with Gasteiger partial charge in [0.15, 0.2) is 6.17 Å². The fraction of sp³-hybridized carbons (Fsp3) is 0.620. The summed E-state index contributed by atoms with van der Waals surface area (Å²) in [5.41, 5.74) is 8.23. The Labute approximate surface area is 402 Å². The third-order valence-electron chi connectivity index (χ3n) is 10.4. The van der Waals surface area contributed by atoms with E-state index in [1.807, 2.05) is 26.0 Å². The maximum atomic E-state index is 14.4. The van der Waals surface area contributed by atoms with E-state index in [0.29, 0.717) is 31.2 Å². The Kier molecular flexibility index (Phi) is 24.5. The third-order valence-corrected chi connectivity index (χ3v) is 10.4. The second-order valence-electron chi connectivity index (χ2n) is 19.5. The lowest BCUT2D eigenvalue weighted by atomic mass is 10.00. The van der Waals surface area contributed by atoms with Gasteiger partial charge in [-0.15, -0.1) is 0 Å². The van der Waals surface area contributed by atoms with Crippen molar-refractivity contribution in [3.63, 3.8) is 0 Å². The van der Waals surface area contributed by atoms with Crippen LogP contribution in [0.5, 0.6) is 0 Å². The summed E-state index contributed by atoms with van der Waals surface area (Å²) >= 11 is 0. The van der Waals surface area contributed by atoms with Gasteiger partial charge in [0.25, 0.3) is 11.8 Å². The smallest absolute Gasteiger partial charge is 0.407 e. The van der Waals surface area contributed by atoms with E-state index in [4.69, 9.17) is 19.9 Å². The molecule has 0 radical (unpaired) electrons. The number of hydrogen-bond donors (Lipinski definition) is 7. The molecule has 0 spiro atoms. The molecule has 0 aliphatic rings. The molecule has 0 saturated carbocycles. The van der Waals surface area contributed by atoms with Crippen LogP contribution in [0.1, 0.15) is 137 Å². The average Bonchev–Trinajstić information content (AvgIpc) is 3.25. The van der Waals surface area contributed by atoms with Crippen molar-refractivity contribution in [2.75, 3.05) is 26.7 Å². The lowest BCUT2D eigenvalue weighted by Crippen LogP contribution is -2.62. The first-order valence-electron chi connectivity index (χ1n) is 23.7. The molecule has 0 fully saturated rings. The highest BCUT2D eigenvalue weighted by molar-refractivity contribution is 5.99. The molecular weight excluding hydrogens is 875 g/mol. The molecule has 2 aromatic carbocycles. The van der Waals surface area contributed by atoms with Gasteiger partial charge in [-0.3, -0.25) is 19.2 Å². The Morgan fingerprint density at radius 1 is 0.676 bits per heavy atom. The number of amides is 6. The van der Waals surface area contributed by atoms with Crippen LogP contribution < -0.4 is 32.3 Å². The minimum absolute atomic E-state index is 0.00167. The summed E-state index contributed by atoms with van der Waals surface area (Å²) in [5, 5.41) is 22.6. The minimum atomic E-state index is -1.73. The molecule has 0 aliphatic heterocycles. The summed E-state index contributed by atoms with van der Waals surface area (Å²) < 4.78 is 16.5. The van der Waals surface area contributed by atoms with Crippen LogP contribution >= 0.6 is 0 Å². The number of carbonyl (C=O) groups excluding carboxylic acids is 6. The summed E-state index contributed by atoms with van der Waals surface area (Å²) in [6, 6.07) is 11.5. The highest BCUT2D eigenvalue weighted by atomic mass is 16.6. The molecule has 6 amide bonds. The molecule has 0 aliphatic carbocycles. The largest absolute Gasteiger partial charge is 0.480 e. The lowest BCUT2D eigenvalue weighted by molar-refractivity contribution is -0.142. The molecule has 18 heteroatoms. The number of carboxylic acid groups (broad SMARTS) is 1. The van der Waals surface area contributed by atoms with Crippen LogP contribution in [0, 0.1) is 5.92 Å². The van der Waals surface area contributed by atoms with Crippen molar-refractivity contribution in [2.24, 2.45) is 11.7 Å². The van der Waals surface area contributed by atoms with Gasteiger partial charge in [0, 0.05) is 32.3 Å². The molecule has 0 saturated heterocycles. The van der Waals surface area contributed by atoms with E-state index in [9.17, 15) is 38.7 Å². The Hall–Kier alpha value is -5.75. The van der Waals surface area contributed by atoms with Gasteiger partial charge >= 0.3 is 18.2 Å². The average molecular weight is 954 g/mol. The first-order chi connectivity index (χ1) is 31.8. The number of aryl methyl sites for hydroxylation is 1. The van der Waals surface area contributed by atoms with Crippen molar-refractivity contribution in [1.82, 2.24) is 31.5 Å². The first kappa shape index (κ1) is 58.4. The predicted molar refractivity (Wildman–Crippen MR) is 260 cm³/mol. The third kappa shape index (κ3) is 22.4. The van der Waals surface area contributed by atoms with Crippen LogP contribution in [0.4, 0.5) is 9.59 Å². The highest BCUT2D eigenvalue weighted by Gasteiger charge is 2.35. The number of nitrogens with one attached hydrogen (secondary N) is 5. The predicted octanol–water partition coefficient (Wildman–Crippen LogP) is 6.04. The highest BCUT2D eigenvalue weighted by Crippen LogP contribution is 2.23. The molecule has 5 atom stereocenters. The summed E-state index contributed by atoms with van der Waals surface area (Å²) in [6.07, 6.45) is 0.985. The topological polar surface area (TPSA) is 257 Å². The van der Waals surface area contributed by atoms with Gasteiger partial charge in [0.2, 0.25) is 11.8 Å². The Bertz CT molecular complexity index is 1930. The van der Waals surface area contributed by atoms with Crippen LogP contribution in [-0.2, 0) is 39.8 Å². The van der Waals surface area contributed by atoms with Crippen LogP contribution in [0.15, 0.2) is 48.5 Å². The molecular formula is C50H79N7O11. The number of alkyl carbamates (subject to hydrolysis) is 2. The van der Waals surface area contributed by atoms with Crippen molar-refractivity contribution in [3.05, 3.63) is 59.7 Å². The Balaban J connectivity index is 2.28. The summed E-state index contributed by atoms with van der Waals surface area (Å²) in [4.78, 5) is 93.2. The number of unbranched alkanes of at least 4 members (excludes halogenated alkanes) is 3. The molecule has 8 N–H and O–H groups in total. The Morgan fingerprint density at radius 3 is 1.68 bits per heavy atom. The minimum Gasteiger partial charge on any atom is -0.480 e. The second kappa shape index (κ2) is 28.5. The first-order valence-corrected chi connectivity index (χ1v) is 23.7. The molecule has 0 aromatic heterocycles. The zero-order chi connectivity index (χ0) is 51.2. The molecule has 68 heavy (non-hydrogen) atoms. The number of aliphatic carboxylic acids is 1. The van der Waals surface area contributed by atoms with Crippen molar-refractivity contribution in [2.45, 2.75) is 169 Å². The zero-order valence-corrected chi connectivity index (χ0v) is 42.1. The monoisotopic (exact) mass is 954 g/mol. The number of benzene rings is 2. The van der Waals surface area contributed by atoms with E-state index in [1.54, 1.807) is 60.6 Å². The number of hydrogen-bond acceptors (Lipinski definition) is 11. The van der Waals surface area contributed by atoms with Crippen LogP contribution in [-0.4, -0.2) is 120 Å². The van der Waals surface area contributed by atoms with E-state index >= 15 is 0 Å². The van der Waals surface area contributed by atoms with E-state index in [2.05, 4.69) is 57.8 Å². The van der Waals surface area contributed by atoms with Crippen LogP contribution in [0.3, 0.4) is 0 Å². The van der Waals surface area contributed by atoms with Crippen molar-refractivity contribution in [3.8, 4) is 11.1 Å². The van der Waals surface area contributed by atoms with E-state index < -0.39 is 83.4 Å². The normalized spacial score (nSPS) is 13.8. The van der Waals surface area contributed by atoms with Crippen molar-refractivity contribution < 1.29 is 52.9 Å². The number of carboxylic acids is 1. The van der Waals surface area contributed by atoms with Crippen molar-refractivity contribution >= 4 is 41.8 Å². The molecule has 0 unspecified atom stereocenters. The quantitative estimate of drug-likeness (QED) is 0.0400. The van der Waals surface area contributed by atoms with Gasteiger partial charge in [-0.25, -0.2) is 14.4 Å². The zero-order valence-electron chi connectivity index (χ0n) is 42.1. The molecule has 0 bridgehead atoms. The molecule has 18 nitrogen and oxygen atoms in total. The molecule has 2 rings (SSSR count). The fourth-order valence-corrected chi connectivity index (χ4v) is 6.75. The molecule has 380 valence electrons. The Morgan fingerprint density at radius 2 is 1.19 bits per heavy atom. The van der Waals surface area contributed by atoms with Gasteiger partial charge in [-0.05, 0) is 135 Å². The number of rotatable bonds is 27. The van der Waals surface area contributed by atoms with Crippen LogP contribution in [0.25, 0.3) is 11.1 Å². The number of carbonyl (C=O) groups is 7. The number of ether oxygens (including phenoxy) is 3. The van der Waals surface area contributed by atoms with E-state index in [-0.39, 0.29) is 38.5 Å². The number of likely N-dealkylation sites (N-methyl/N-ethyl adjacent to an activating group) is 1. The van der Waals surface area contributed by atoms with Gasteiger partial charge in [-0.1, -0.05) is 63.6 Å². The summed E-state index contributed by atoms with van der Waals surface area (Å²) in [5.74, 6) is -4.29. The standard InChI is InChI=1S/C50H79N7O11/c1-12-13-18-34-21-23-35(24-22-34)36-25-27-37(28-26-36)45(61)57(11)39(20-15-17-30-53-48(65)68-50(8,9)10)42(58)55-40(33(4)66-31-32(2)3)43(59)56-41(51)44(60)54-38(46(62)63)19-14-16-29-52-47(64)67-49(5,6)7/h21-28,32-33,38-41H,12-20,29-31,51H2,1-11H3,(H,52,64)(H,53,65)(H,54,60)(H,55,58)(H,56,59)(H,62,63)/t33-,38+,39+,40+,41-/m1/s1. The SMILES string of the molecule is CCCCc1ccc(-c2ccc(C(=O)N(C)[C@@H](CCCCNC(=O)OC(C)(C)C)C(=O)N[C@H](C(=O)N[C@@H](N)C(=O)N[C@@H](CCCCNC(=O)OC(C)(C)C)C(=O)O)[C@@H](C)OCC(C)C)cc2)cc1. The second-order valence-corrected chi connectivity index (χ2v) is 19.5. The van der Waals surface area contributed by atoms with Crippen molar-refractivity contribution in [1.29, 1.82) is 0 Å². The lowest BCUT2D eigenvalue weighted by Gasteiger charge is -2.31. The molecule has 2 aromatic rings. The van der Waals surface area contributed by atoms with Gasteiger partial charge in [0.1, 0.15) is 29.3 Å². The van der Waals surface area contributed by atoms with Crippen LogP contribution in [0.2, 0.25) is 0 Å². The maximum Gasteiger partial charge on any atom is 0.407 e. The number of nitrogens with zero attached hydrogens (tertiary/aromatic N) is 1. The number of nitrogens with two attached hydrogens (primary N) is 1.